The van der Waals surface area contributed by atoms with E-state index in [9.17, 15) is 0 Å². The van der Waals surface area contributed by atoms with Crippen molar-refractivity contribution in [2.24, 2.45) is 5.73 Å². The van der Waals surface area contributed by atoms with Gasteiger partial charge in [0.2, 0.25) is 5.89 Å². The Bertz CT molecular complexity index is 333. The average molecular weight is 255 g/mol. The Morgan fingerprint density at radius 2 is 2.35 bits per heavy atom. The second kappa shape index (κ2) is 5.87. The summed E-state index contributed by atoms with van der Waals surface area (Å²) >= 11 is 1.94. The molecule has 1 aromatic heterocycles. The van der Waals surface area contributed by atoms with Crippen molar-refractivity contribution < 1.29 is 4.52 Å². The van der Waals surface area contributed by atoms with Crippen LogP contribution in [0.15, 0.2) is 4.52 Å². The van der Waals surface area contributed by atoms with Gasteiger partial charge in [0.15, 0.2) is 5.82 Å². The number of aromatic nitrogens is 2. The minimum atomic E-state index is 0.0994. The first-order valence-corrected chi connectivity index (χ1v) is 7.48. The second-order valence-electron chi connectivity index (χ2n) is 4.71. The number of rotatable bonds is 4. The minimum absolute atomic E-state index is 0.0994. The number of hydrogen-bond donors (Lipinski definition) is 1. The third-order valence-electron chi connectivity index (χ3n) is 3.43. The van der Waals surface area contributed by atoms with Crippen LogP contribution in [-0.4, -0.2) is 21.9 Å². The van der Waals surface area contributed by atoms with E-state index in [1.807, 2.05) is 11.8 Å². The first-order chi connectivity index (χ1) is 8.22. The highest BCUT2D eigenvalue weighted by atomic mass is 32.2. The van der Waals surface area contributed by atoms with E-state index in [0.29, 0.717) is 11.1 Å². The fourth-order valence-electron chi connectivity index (χ4n) is 2.04. The van der Waals surface area contributed by atoms with Crippen molar-refractivity contribution in [3.63, 3.8) is 0 Å². The lowest BCUT2D eigenvalue weighted by Gasteiger charge is -2.17. The fraction of sp³-hybridized carbons (Fsp3) is 0.833. The van der Waals surface area contributed by atoms with Crippen molar-refractivity contribution in [1.82, 2.24) is 10.1 Å². The molecule has 1 aliphatic rings. The molecule has 0 aromatic carbocycles. The highest BCUT2D eigenvalue weighted by Crippen LogP contribution is 2.37. The zero-order valence-electron chi connectivity index (χ0n) is 10.6. The monoisotopic (exact) mass is 255 g/mol. The summed E-state index contributed by atoms with van der Waals surface area (Å²) in [6, 6.07) is 0.0994. The molecule has 0 amide bonds. The molecule has 1 aliphatic heterocycles. The van der Waals surface area contributed by atoms with Crippen molar-refractivity contribution in [2.45, 2.75) is 56.7 Å². The average Bonchev–Trinajstić information content (AvgIpc) is 2.87. The molecule has 96 valence electrons. The summed E-state index contributed by atoms with van der Waals surface area (Å²) < 4.78 is 5.35. The first-order valence-electron chi connectivity index (χ1n) is 6.43. The number of nitrogens with zero attached hydrogens (tertiary/aromatic N) is 2. The molecular formula is C12H21N3OS. The molecule has 2 rings (SSSR count). The molecule has 5 heteroatoms. The van der Waals surface area contributed by atoms with E-state index in [4.69, 9.17) is 10.3 Å². The van der Waals surface area contributed by atoms with Crippen LogP contribution >= 0.6 is 11.8 Å². The van der Waals surface area contributed by atoms with Gasteiger partial charge in [-0.15, -0.1) is 0 Å². The molecule has 1 saturated heterocycles. The lowest BCUT2D eigenvalue weighted by atomic mass is 10.0. The fourth-order valence-corrected chi connectivity index (χ4v) is 3.28. The third-order valence-corrected chi connectivity index (χ3v) is 4.80. The first kappa shape index (κ1) is 12.9. The zero-order valence-corrected chi connectivity index (χ0v) is 11.4. The molecule has 0 aliphatic carbocycles. The van der Waals surface area contributed by atoms with Crippen LogP contribution in [0.2, 0.25) is 0 Å². The highest BCUT2D eigenvalue weighted by Gasteiger charge is 2.24. The van der Waals surface area contributed by atoms with E-state index < -0.39 is 0 Å². The molecule has 0 radical (unpaired) electrons. The molecular weight excluding hydrogens is 234 g/mol. The van der Waals surface area contributed by atoms with Gasteiger partial charge in [0.25, 0.3) is 0 Å². The van der Waals surface area contributed by atoms with E-state index in [1.54, 1.807) is 0 Å². The van der Waals surface area contributed by atoms with Crippen LogP contribution in [0.3, 0.4) is 0 Å². The Hall–Kier alpha value is -0.550. The summed E-state index contributed by atoms with van der Waals surface area (Å²) in [5.41, 5.74) is 6.00. The lowest BCUT2D eigenvalue weighted by molar-refractivity contribution is 0.336. The molecule has 17 heavy (non-hydrogen) atoms. The molecule has 0 saturated carbocycles. The van der Waals surface area contributed by atoms with Crippen molar-refractivity contribution >= 4 is 11.8 Å². The normalized spacial score (nSPS) is 24.5. The quantitative estimate of drug-likeness (QED) is 0.896. The Balaban J connectivity index is 2.04. The van der Waals surface area contributed by atoms with E-state index in [0.717, 1.165) is 18.7 Å². The van der Waals surface area contributed by atoms with E-state index in [2.05, 4.69) is 24.0 Å². The molecule has 2 heterocycles. The maximum atomic E-state index is 6.00. The lowest BCUT2D eigenvalue weighted by Crippen LogP contribution is -2.25. The molecule has 0 spiro atoms. The maximum absolute atomic E-state index is 6.00. The van der Waals surface area contributed by atoms with Gasteiger partial charge in [-0.1, -0.05) is 25.4 Å². The van der Waals surface area contributed by atoms with Gasteiger partial charge >= 0.3 is 0 Å². The molecule has 3 unspecified atom stereocenters. The summed E-state index contributed by atoms with van der Waals surface area (Å²) in [7, 11) is 0. The van der Waals surface area contributed by atoms with Crippen LogP contribution < -0.4 is 5.73 Å². The standard InChI is InChI=1S/C12H21N3OS/c1-3-9(13)8(2)12-14-11(15-16-12)10-6-4-5-7-17-10/h8-10H,3-7,13H2,1-2H3. The minimum Gasteiger partial charge on any atom is -0.339 e. The van der Waals surface area contributed by atoms with Crippen molar-refractivity contribution in [2.75, 3.05) is 5.75 Å². The van der Waals surface area contributed by atoms with Crippen LogP contribution in [0.5, 0.6) is 0 Å². The van der Waals surface area contributed by atoms with Gasteiger partial charge in [-0.05, 0) is 25.0 Å². The Kier molecular flexibility index (Phi) is 4.45. The van der Waals surface area contributed by atoms with Gasteiger partial charge in [-0.2, -0.15) is 16.7 Å². The van der Waals surface area contributed by atoms with Gasteiger partial charge in [0.1, 0.15) is 0 Å². The molecule has 2 N–H and O–H groups in total. The van der Waals surface area contributed by atoms with Gasteiger partial charge in [-0.25, -0.2) is 0 Å². The summed E-state index contributed by atoms with van der Waals surface area (Å²) in [6.07, 6.45) is 4.67. The molecule has 4 nitrogen and oxygen atoms in total. The van der Waals surface area contributed by atoms with Crippen molar-refractivity contribution in [1.29, 1.82) is 0 Å². The van der Waals surface area contributed by atoms with E-state index in [-0.39, 0.29) is 12.0 Å². The van der Waals surface area contributed by atoms with Gasteiger partial charge in [-0.3, -0.25) is 0 Å². The summed E-state index contributed by atoms with van der Waals surface area (Å²) in [4.78, 5) is 4.52. The molecule has 1 fully saturated rings. The van der Waals surface area contributed by atoms with Gasteiger partial charge in [0, 0.05) is 6.04 Å². The van der Waals surface area contributed by atoms with Crippen LogP contribution in [0, 0.1) is 0 Å². The Morgan fingerprint density at radius 3 is 3.00 bits per heavy atom. The zero-order chi connectivity index (χ0) is 12.3. The number of thioether (sulfide) groups is 1. The smallest absolute Gasteiger partial charge is 0.231 e. The van der Waals surface area contributed by atoms with Crippen LogP contribution in [0.4, 0.5) is 0 Å². The number of nitrogens with two attached hydrogens (primary N) is 1. The van der Waals surface area contributed by atoms with Crippen LogP contribution in [0.1, 0.15) is 62.4 Å². The Morgan fingerprint density at radius 1 is 1.53 bits per heavy atom. The number of hydrogen-bond acceptors (Lipinski definition) is 5. The topological polar surface area (TPSA) is 64.9 Å². The highest BCUT2D eigenvalue weighted by molar-refractivity contribution is 7.99. The van der Waals surface area contributed by atoms with Gasteiger partial charge in [0.05, 0.1) is 11.2 Å². The summed E-state index contributed by atoms with van der Waals surface area (Å²) in [5.74, 6) is 2.91. The third kappa shape index (κ3) is 3.01. The van der Waals surface area contributed by atoms with Crippen molar-refractivity contribution in [3.05, 3.63) is 11.7 Å². The largest absolute Gasteiger partial charge is 0.339 e. The SMILES string of the molecule is CCC(N)C(C)c1nc(C2CCCCS2)no1. The molecule has 3 atom stereocenters. The van der Waals surface area contributed by atoms with E-state index >= 15 is 0 Å². The molecule has 1 aromatic rings. The Labute approximate surface area is 107 Å². The predicted octanol–water partition coefficient (Wildman–Crippen LogP) is 2.87. The van der Waals surface area contributed by atoms with Gasteiger partial charge < -0.3 is 10.3 Å². The van der Waals surface area contributed by atoms with Crippen LogP contribution in [-0.2, 0) is 0 Å². The van der Waals surface area contributed by atoms with E-state index in [1.165, 1.54) is 18.6 Å². The van der Waals surface area contributed by atoms with Crippen LogP contribution in [0.25, 0.3) is 0 Å². The summed E-state index contributed by atoms with van der Waals surface area (Å²) in [5, 5.41) is 4.54. The second-order valence-corrected chi connectivity index (χ2v) is 6.02. The maximum Gasteiger partial charge on any atom is 0.231 e. The molecule has 0 bridgehead atoms. The van der Waals surface area contributed by atoms with Crippen molar-refractivity contribution in [3.8, 4) is 0 Å². The summed E-state index contributed by atoms with van der Waals surface area (Å²) in [6.45, 7) is 4.13. The predicted molar refractivity (Wildman–Crippen MR) is 70.0 cm³/mol.